The summed E-state index contributed by atoms with van der Waals surface area (Å²) in [6, 6.07) is 2.19. The minimum absolute atomic E-state index is 0. The summed E-state index contributed by atoms with van der Waals surface area (Å²) in [6.07, 6.45) is 5.84. The van der Waals surface area contributed by atoms with Gasteiger partial charge in [-0.3, -0.25) is 4.79 Å². The number of ether oxygens (including phenoxy) is 1. The van der Waals surface area contributed by atoms with E-state index in [2.05, 4.69) is 31.5 Å². The van der Waals surface area contributed by atoms with E-state index in [4.69, 9.17) is 4.74 Å². The number of aromatic nitrogens is 1. The molecule has 0 bridgehead atoms. The highest BCUT2D eigenvalue weighted by molar-refractivity contribution is 8.13. The number of carbonyl (C=O) groups is 2. The summed E-state index contributed by atoms with van der Waals surface area (Å²) in [7, 11) is 2.06. The Hall–Kier alpha value is -0.630. The van der Waals surface area contributed by atoms with Gasteiger partial charge >= 0.3 is 5.97 Å². The molecule has 1 aliphatic carbocycles. The summed E-state index contributed by atoms with van der Waals surface area (Å²) in [5, 5.41) is -0.0936. The van der Waals surface area contributed by atoms with Gasteiger partial charge in [0, 0.05) is 18.4 Å². The molecule has 1 aromatic heterocycles. The van der Waals surface area contributed by atoms with Gasteiger partial charge in [0.25, 0.3) is 0 Å². The molecule has 0 aliphatic heterocycles. The molecule has 1 aromatic rings. The summed E-state index contributed by atoms with van der Waals surface area (Å²) in [5.74, 6) is 0.901. The largest absolute Gasteiger partial charge is 1.00 e. The number of rotatable bonds is 7. The van der Waals surface area contributed by atoms with Crippen molar-refractivity contribution < 1.29 is 42.9 Å². The van der Waals surface area contributed by atoms with Crippen molar-refractivity contribution >= 4 is 22.8 Å². The summed E-state index contributed by atoms with van der Waals surface area (Å²) in [6.45, 7) is 7.73. The average molecular weight is 505 g/mol. The van der Waals surface area contributed by atoms with Crippen LogP contribution in [0.2, 0.25) is 0 Å². The third kappa shape index (κ3) is 5.68. The van der Waals surface area contributed by atoms with Crippen LogP contribution < -0.4 is 28.5 Å². The minimum atomic E-state index is -0.721. The number of esters is 1. The molecule has 1 heterocycles. The first-order valence-electron chi connectivity index (χ1n) is 9.86. The fourth-order valence-corrected chi connectivity index (χ4v) is 4.51. The topological polar surface area (TPSA) is 47.3 Å². The Morgan fingerprint density at radius 2 is 1.85 bits per heavy atom. The first-order valence-corrected chi connectivity index (χ1v) is 10.8. The van der Waals surface area contributed by atoms with Gasteiger partial charge in [-0.25, -0.2) is 9.36 Å². The fourth-order valence-electron chi connectivity index (χ4n) is 3.94. The molecular formula is C21H32INO3S. The van der Waals surface area contributed by atoms with Crippen molar-refractivity contribution in [1.82, 2.24) is 0 Å². The molecule has 27 heavy (non-hydrogen) atoms. The molecule has 1 saturated carbocycles. The zero-order valence-electron chi connectivity index (χ0n) is 17.1. The van der Waals surface area contributed by atoms with Gasteiger partial charge in [-0.15, -0.1) is 0 Å². The molecular weight excluding hydrogens is 473 g/mol. The lowest BCUT2D eigenvalue weighted by molar-refractivity contribution is -0.688. The van der Waals surface area contributed by atoms with E-state index in [1.54, 1.807) is 6.92 Å². The van der Waals surface area contributed by atoms with E-state index in [9.17, 15) is 9.59 Å². The Morgan fingerprint density at radius 1 is 1.22 bits per heavy atom. The van der Waals surface area contributed by atoms with Crippen LogP contribution in [0.5, 0.6) is 0 Å². The number of halogens is 1. The maximum absolute atomic E-state index is 12.9. The molecule has 2 rings (SSSR count). The molecule has 1 aliphatic rings. The molecule has 0 amide bonds. The number of hydrogen-bond acceptors (Lipinski definition) is 4. The van der Waals surface area contributed by atoms with Gasteiger partial charge in [-0.05, 0) is 37.5 Å². The standard InChI is InChI=1S/C21H32NO3S.HI/c1-6-15-13-18(16-11-9-10-12-16)22(5)17(7-2)19(15)20(23)25-14(4)21(24)26-8-3;/h13-14,16H,6-12H2,1-5H3;1H/q+1;/p-1. The van der Waals surface area contributed by atoms with E-state index in [0.29, 0.717) is 17.2 Å². The monoisotopic (exact) mass is 505 g/mol. The lowest BCUT2D eigenvalue weighted by Gasteiger charge is -2.17. The first-order chi connectivity index (χ1) is 12.4. The van der Waals surface area contributed by atoms with Crippen LogP contribution in [-0.4, -0.2) is 22.9 Å². The predicted octanol–water partition coefficient (Wildman–Crippen LogP) is 1.12. The third-order valence-electron chi connectivity index (χ3n) is 5.32. The molecule has 0 aromatic carbocycles. The smallest absolute Gasteiger partial charge is 0.345 e. The highest BCUT2D eigenvalue weighted by atomic mass is 127. The number of pyridine rings is 1. The summed E-state index contributed by atoms with van der Waals surface area (Å²) < 4.78 is 7.73. The second-order valence-electron chi connectivity index (χ2n) is 6.96. The Bertz CT molecular complexity index is 672. The highest BCUT2D eigenvalue weighted by Crippen LogP contribution is 2.33. The van der Waals surface area contributed by atoms with Crippen molar-refractivity contribution in [3.05, 3.63) is 28.6 Å². The number of aryl methyl sites for hydroxylation is 1. The van der Waals surface area contributed by atoms with Crippen LogP contribution in [-0.2, 0) is 29.4 Å². The van der Waals surface area contributed by atoms with Gasteiger partial charge in [0.05, 0.1) is 0 Å². The van der Waals surface area contributed by atoms with Gasteiger partial charge in [0.1, 0.15) is 12.6 Å². The molecule has 6 heteroatoms. The molecule has 0 radical (unpaired) electrons. The van der Waals surface area contributed by atoms with Crippen molar-refractivity contribution in [1.29, 1.82) is 0 Å². The van der Waals surface area contributed by atoms with Crippen LogP contribution in [0, 0.1) is 0 Å². The Morgan fingerprint density at radius 3 is 2.37 bits per heavy atom. The minimum Gasteiger partial charge on any atom is -1.00 e. The molecule has 1 atom stereocenters. The van der Waals surface area contributed by atoms with Gasteiger partial charge in [-0.1, -0.05) is 45.4 Å². The van der Waals surface area contributed by atoms with Crippen molar-refractivity contribution in [2.75, 3.05) is 5.75 Å². The van der Waals surface area contributed by atoms with Crippen LogP contribution in [0.15, 0.2) is 6.07 Å². The summed E-state index contributed by atoms with van der Waals surface area (Å²) >= 11 is 1.20. The van der Waals surface area contributed by atoms with Crippen molar-refractivity contribution in [2.45, 2.75) is 78.2 Å². The fraction of sp³-hybridized carbons (Fsp3) is 0.667. The summed E-state index contributed by atoms with van der Waals surface area (Å²) in [4.78, 5) is 24.9. The highest BCUT2D eigenvalue weighted by Gasteiger charge is 2.32. The Balaban J connectivity index is 0.00000364. The lowest BCUT2D eigenvalue weighted by Crippen LogP contribution is -3.00. The molecule has 4 nitrogen and oxygen atoms in total. The first kappa shape index (κ1) is 24.4. The Labute approximate surface area is 184 Å². The molecule has 1 unspecified atom stereocenters. The van der Waals surface area contributed by atoms with Gasteiger partial charge < -0.3 is 28.7 Å². The van der Waals surface area contributed by atoms with Crippen molar-refractivity contribution in [2.24, 2.45) is 7.05 Å². The van der Waals surface area contributed by atoms with Gasteiger partial charge in [0.2, 0.25) is 5.12 Å². The average Bonchev–Trinajstić information content (AvgIpc) is 3.15. The zero-order chi connectivity index (χ0) is 19.3. The molecule has 0 saturated heterocycles. The SMILES string of the molecule is CCSC(=O)C(C)OC(=O)c1c(CC)cc(C2CCCC2)[n+](C)c1CC.[I-]. The van der Waals surface area contributed by atoms with Crippen molar-refractivity contribution in [3.8, 4) is 0 Å². The van der Waals surface area contributed by atoms with Crippen LogP contribution in [0.25, 0.3) is 0 Å². The van der Waals surface area contributed by atoms with Gasteiger partial charge in [0.15, 0.2) is 17.5 Å². The quantitative estimate of drug-likeness (QED) is 0.317. The molecule has 0 spiro atoms. The lowest BCUT2D eigenvalue weighted by atomic mass is 9.95. The van der Waals surface area contributed by atoms with Crippen molar-refractivity contribution in [3.63, 3.8) is 0 Å². The van der Waals surface area contributed by atoms with Crippen LogP contribution >= 0.6 is 11.8 Å². The van der Waals surface area contributed by atoms with Crippen LogP contribution in [0.3, 0.4) is 0 Å². The number of carbonyl (C=O) groups excluding carboxylic acids is 2. The van der Waals surface area contributed by atoms with Crippen LogP contribution in [0.1, 0.15) is 86.6 Å². The maximum atomic E-state index is 12.9. The number of hydrogen-bond donors (Lipinski definition) is 0. The number of nitrogens with zero attached hydrogens (tertiary/aromatic N) is 1. The van der Waals surface area contributed by atoms with E-state index in [0.717, 1.165) is 24.1 Å². The summed E-state index contributed by atoms with van der Waals surface area (Å²) in [5.41, 5.74) is 4.03. The third-order valence-corrected chi connectivity index (χ3v) is 6.22. The normalized spacial score (nSPS) is 15.3. The second kappa shape index (κ2) is 11.4. The zero-order valence-corrected chi connectivity index (χ0v) is 20.1. The van der Waals surface area contributed by atoms with E-state index < -0.39 is 6.10 Å². The van der Waals surface area contributed by atoms with E-state index in [1.807, 2.05) is 6.92 Å². The van der Waals surface area contributed by atoms with E-state index >= 15 is 0 Å². The predicted molar refractivity (Wildman–Crippen MR) is 106 cm³/mol. The maximum Gasteiger partial charge on any atom is 0.345 e. The number of thioether (sulfide) groups is 1. The van der Waals surface area contributed by atoms with E-state index in [1.165, 1.54) is 43.1 Å². The van der Waals surface area contributed by atoms with E-state index in [-0.39, 0.29) is 35.1 Å². The second-order valence-corrected chi connectivity index (χ2v) is 8.23. The van der Waals surface area contributed by atoms with Crippen LogP contribution in [0.4, 0.5) is 0 Å². The Kier molecular flexibility index (Phi) is 10.3. The molecule has 152 valence electrons. The molecule has 0 N–H and O–H groups in total. The molecule has 1 fully saturated rings. The van der Waals surface area contributed by atoms with Gasteiger partial charge in [-0.2, -0.15) is 0 Å².